The zero-order valence-corrected chi connectivity index (χ0v) is 11.2. The Morgan fingerprint density at radius 2 is 2.06 bits per heavy atom. The van der Waals surface area contributed by atoms with Crippen molar-refractivity contribution in [1.82, 2.24) is 4.90 Å². The molecule has 5 heteroatoms. The molecular formula is C12H17NO3S. The summed E-state index contributed by atoms with van der Waals surface area (Å²) in [4.78, 5) is 25.7. The van der Waals surface area contributed by atoms with Gasteiger partial charge in [-0.05, 0) is 32.2 Å². The molecule has 0 fully saturated rings. The standard InChI is InChI=1S/C12H17NO3S/c1-8(9-6-5-7-17-9)13(4)10(14)12(2,3)11(15)16/h5-8H,1-4H3,(H,15,16). The number of nitrogens with zero attached hydrogens (tertiary/aromatic N) is 1. The molecule has 0 bridgehead atoms. The highest BCUT2D eigenvalue weighted by atomic mass is 32.1. The number of aliphatic carboxylic acids is 1. The summed E-state index contributed by atoms with van der Waals surface area (Å²) < 4.78 is 0. The summed E-state index contributed by atoms with van der Waals surface area (Å²) in [7, 11) is 1.64. The maximum atomic E-state index is 12.1. The van der Waals surface area contributed by atoms with E-state index in [-0.39, 0.29) is 11.9 Å². The molecule has 1 heterocycles. The van der Waals surface area contributed by atoms with Gasteiger partial charge < -0.3 is 10.0 Å². The summed E-state index contributed by atoms with van der Waals surface area (Å²) in [5, 5.41) is 11.0. The third-order valence-electron chi connectivity index (χ3n) is 2.93. The van der Waals surface area contributed by atoms with Gasteiger partial charge in [0.05, 0.1) is 6.04 Å². The van der Waals surface area contributed by atoms with Gasteiger partial charge in [0.2, 0.25) is 5.91 Å². The maximum Gasteiger partial charge on any atom is 0.318 e. The number of carboxylic acids is 1. The molecule has 4 nitrogen and oxygen atoms in total. The van der Waals surface area contributed by atoms with Crippen LogP contribution in [0.4, 0.5) is 0 Å². The molecule has 94 valence electrons. The molecule has 0 aliphatic carbocycles. The van der Waals surface area contributed by atoms with Crippen molar-refractivity contribution in [2.45, 2.75) is 26.8 Å². The molecule has 0 aromatic carbocycles. The summed E-state index contributed by atoms with van der Waals surface area (Å²) in [5.41, 5.74) is -1.39. The average Bonchev–Trinajstić information content (AvgIpc) is 2.79. The summed E-state index contributed by atoms with van der Waals surface area (Å²) in [5.74, 6) is -1.49. The Balaban J connectivity index is 2.87. The Morgan fingerprint density at radius 1 is 1.47 bits per heavy atom. The van der Waals surface area contributed by atoms with Crippen molar-refractivity contribution in [3.8, 4) is 0 Å². The number of rotatable bonds is 4. The van der Waals surface area contributed by atoms with Crippen LogP contribution in [0.2, 0.25) is 0 Å². The molecule has 1 N–H and O–H groups in total. The number of carboxylic acid groups (broad SMARTS) is 1. The Hall–Kier alpha value is -1.36. The molecule has 1 rings (SSSR count). The average molecular weight is 255 g/mol. The molecule has 1 amide bonds. The zero-order valence-electron chi connectivity index (χ0n) is 10.4. The number of amides is 1. The van der Waals surface area contributed by atoms with E-state index in [4.69, 9.17) is 5.11 Å². The van der Waals surface area contributed by atoms with Crippen LogP contribution < -0.4 is 0 Å². The molecule has 17 heavy (non-hydrogen) atoms. The molecule has 1 aromatic rings. The Bertz CT molecular complexity index is 411. The maximum absolute atomic E-state index is 12.1. The lowest BCUT2D eigenvalue weighted by Gasteiger charge is -2.30. The van der Waals surface area contributed by atoms with Crippen LogP contribution in [0.25, 0.3) is 0 Å². The fourth-order valence-electron chi connectivity index (χ4n) is 1.43. The first-order valence-electron chi connectivity index (χ1n) is 5.32. The largest absolute Gasteiger partial charge is 0.480 e. The lowest BCUT2D eigenvalue weighted by Crippen LogP contribution is -2.44. The first-order chi connectivity index (χ1) is 7.78. The molecule has 1 aromatic heterocycles. The van der Waals surface area contributed by atoms with E-state index in [1.54, 1.807) is 18.4 Å². The lowest BCUT2D eigenvalue weighted by molar-refractivity contribution is -0.158. The van der Waals surface area contributed by atoms with Gasteiger partial charge in [0.25, 0.3) is 0 Å². The topological polar surface area (TPSA) is 57.6 Å². The molecule has 1 atom stereocenters. The minimum atomic E-state index is -1.39. The van der Waals surface area contributed by atoms with Gasteiger partial charge in [0, 0.05) is 11.9 Å². The van der Waals surface area contributed by atoms with Crippen molar-refractivity contribution in [3.63, 3.8) is 0 Å². The van der Waals surface area contributed by atoms with Crippen LogP contribution >= 0.6 is 11.3 Å². The normalized spacial score (nSPS) is 13.2. The van der Waals surface area contributed by atoms with E-state index < -0.39 is 11.4 Å². The Kier molecular flexibility index (Phi) is 3.93. The van der Waals surface area contributed by atoms with E-state index in [9.17, 15) is 9.59 Å². The minimum Gasteiger partial charge on any atom is -0.480 e. The van der Waals surface area contributed by atoms with Crippen LogP contribution in [0.5, 0.6) is 0 Å². The lowest BCUT2D eigenvalue weighted by atomic mass is 9.91. The van der Waals surface area contributed by atoms with Crippen molar-refractivity contribution in [3.05, 3.63) is 22.4 Å². The third-order valence-corrected chi connectivity index (χ3v) is 3.97. The summed E-state index contributed by atoms with van der Waals surface area (Å²) in [6.07, 6.45) is 0. The van der Waals surface area contributed by atoms with Crippen molar-refractivity contribution in [2.75, 3.05) is 7.05 Å². The predicted molar refractivity (Wildman–Crippen MR) is 66.9 cm³/mol. The minimum absolute atomic E-state index is 0.110. The molecule has 0 saturated carbocycles. The molecule has 0 spiro atoms. The highest BCUT2D eigenvalue weighted by Crippen LogP contribution is 2.28. The molecule has 0 aliphatic rings. The van der Waals surface area contributed by atoms with E-state index in [1.807, 2.05) is 24.4 Å². The van der Waals surface area contributed by atoms with Gasteiger partial charge in [-0.1, -0.05) is 6.07 Å². The first kappa shape index (κ1) is 13.7. The van der Waals surface area contributed by atoms with E-state index in [2.05, 4.69) is 0 Å². The Morgan fingerprint density at radius 3 is 2.47 bits per heavy atom. The molecule has 0 aliphatic heterocycles. The van der Waals surface area contributed by atoms with Crippen molar-refractivity contribution in [2.24, 2.45) is 5.41 Å². The number of hydrogen-bond donors (Lipinski definition) is 1. The van der Waals surface area contributed by atoms with E-state index in [0.29, 0.717) is 0 Å². The zero-order chi connectivity index (χ0) is 13.2. The number of thiophene rings is 1. The fraction of sp³-hybridized carbons (Fsp3) is 0.500. The van der Waals surface area contributed by atoms with Crippen LogP contribution in [-0.2, 0) is 9.59 Å². The van der Waals surface area contributed by atoms with Crippen LogP contribution in [0.15, 0.2) is 17.5 Å². The van der Waals surface area contributed by atoms with Gasteiger partial charge in [-0.25, -0.2) is 0 Å². The molecule has 1 unspecified atom stereocenters. The van der Waals surface area contributed by atoms with E-state index in [1.165, 1.54) is 18.7 Å². The second-order valence-corrected chi connectivity index (χ2v) is 5.52. The smallest absolute Gasteiger partial charge is 0.318 e. The van der Waals surface area contributed by atoms with E-state index >= 15 is 0 Å². The third kappa shape index (κ3) is 2.66. The molecule has 0 saturated heterocycles. The van der Waals surface area contributed by atoms with Crippen LogP contribution in [0.3, 0.4) is 0 Å². The second kappa shape index (κ2) is 4.87. The van der Waals surface area contributed by atoms with Crippen molar-refractivity contribution >= 4 is 23.2 Å². The monoisotopic (exact) mass is 255 g/mol. The predicted octanol–water partition coefficient (Wildman–Crippen LogP) is 2.38. The van der Waals surface area contributed by atoms with Crippen molar-refractivity contribution in [1.29, 1.82) is 0 Å². The number of hydrogen-bond acceptors (Lipinski definition) is 3. The number of carbonyl (C=O) groups is 2. The van der Waals surface area contributed by atoms with Gasteiger partial charge in [-0.15, -0.1) is 11.3 Å². The van der Waals surface area contributed by atoms with Gasteiger partial charge >= 0.3 is 5.97 Å². The summed E-state index contributed by atoms with van der Waals surface area (Å²) in [6, 6.07) is 3.74. The van der Waals surface area contributed by atoms with Gasteiger partial charge in [0.15, 0.2) is 0 Å². The van der Waals surface area contributed by atoms with Gasteiger partial charge in [0.1, 0.15) is 5.41 Å². The van der Waals surface area contributed by atoms with Crippen LogP contribution in [0.1, 0.15) is 31.7 Å². The highest BCUT2D eigenvalue weighted by molar-refractivity contribution is 7.10. The molecular weight excluding hydrogens is 238 g/mol. The number of carbonyl (C=O) groups excluding carboxylic acids is 1. The summed E-state index contributed by atoms with van der Waals surface area (Å²) >= 11 is 1.55. The van der Waals surface area contributed by atoms with Gasteiger partial charge in [-0.3, -0.25) is 9.59 Å². The van der Waals surface area contributed by atoms with Crippen LogP contribution in [-0.4, -0.2) is 28.9 Å². The molecule has 0 radical (unpaired) electrons. The van der Waals surface area contributed by atoms with Gasteiger partial charge in [-0.2, -0.15) is 0 Å². The first-order valence-corrected chi connectivity index (χ1v) is 6.20. The van der Waals surface area contributed by atoms with Crippen LogP contribution in [0, 0.1) is 5.41 Å². The Labute approximate surface area is 105 Å². The van der Waals surface area contributed by atoms with E-state index in [0.717, 1.165) is 4.88 Å². The fourth-order valence-corrected chi connectivity index (χ4v) is 2.25. The highest BCUT2D eigenvalue weighted by Gasteiger charge is 2.39. The summed E-state index contributed by atoms with van der Waals surface area (Å²) in [6.45, 7) is 4.74. The SMILES string of the molecule is CC(c1cccs1)N(C)C(=O)C(C)(C)C(=O)O. The second-order valence-electron chi connectivity index (χ2n) is 4.54. The quantitative estimate of drug-likeness (QED) is 0.840. The van der Waals surface area contributed by atoms with Crippen molar-refractivity contribution < 1.29 is 14.7 Å².